The van der Waals surface area contributed by atoms with Gasteiger partial charge in [0.1, 0.15) is 17.5 Å². The van der Waals surface area contributed by atoms with Gasteiger partial charge in [-0.2, -0.15) is 10.4 Å². The predicted molar refractivity (Wildman–Crippen MR) is 107 cm³/mol. The lowest BCUT2D eigenvalue weighted by Gasteiger charge is -2.32. The summed E-state index contributed by atoms with van der Waals surface area (Å²) in [4.78, 5) is 18.6. The van der Waals surface area contributed by atoms with Gasteiger partial charge in [0.15, 0.2) is 0 Å². The summed E-state index contributed by atoms with van der Waals surface area (Å²) in [7, 11) is 1.66. The molecule has 1 aliphatic rings. The molecule has 0 atom stereocenters. The first-order chi connectivity index (χ1) is 14.2. The average Bonchev–Trinajstić information content (AvgIpc) is 3.29. The highest BCUT2D eigenvalue weighted by Gasteiger charge is 2.27. The number of hydrogen-bond donors (Lipinski definition) is 1. The van der Waals surface area contributed by atoms with Crippen LogP contribution in [0.3, 0.4) is 0 Å². The van der Waals surface area contributed by atoms with Crippen molar-refractivity contribution in [3.63, 3.8) is 0 Å². The van der Waals surface area contributed by atoms with Crippen molar-refractivity contribution < 1.29 is 9.53 Å². The Morgan fingerprint density at radius 3 is 2.76 bits per heavy atom. The Kier molecular flexibility index (Phi) is 5.25. The molecule has 7 nitrogen and oxygen atoms in total. The van der Waals surface area contributed by atoms with Crippen molar-refractivity contribution in [1.29, 1.82) is 5.26 Å². The van der Waals surface area contributed by atoms with Crippen LogP contribution in [0.1, 0.15) is 40.5 Å². The number of H-pyrrole nitrogens is 1. The zero-order valence-electron chi connectivity index (χ0n) is 16.1. The fraction of sp³-hybridized carbons (Fsp3) is 0.273. The number of nitrogens with one attached hydrogen (secondary N) is 1. The number of ether oxygens (including phenoxy) is 1. The van der Waals surface area contributed by atoms with Crippen LogP contribution in [-0.4, -0.2) is 46.2 Å². The van der Waals surface area contributed by atoms with Gasteiger partial charge in [0.2, 0.25) is 0 Å². The van der Waals surface area contributed by atoms with Crippen molar-refractivity contribution in [2.24, 2.45) is 0 Å². The second-order valence-corrected chi connectivity index (χ2v) is 7.04. The summed E-state index contributed by atoms with van der Waals surface area (Å²) in [5, 5.41) is 16.3. The van der Waals surface area contributed by atoms with Crippen LogP contribution in [0.2, 0.25) is 0 Å². The molecule has 0 unspecified atom stereocenters. The fourth-order valence-corrected chi connectivity index (χ4v) is 3.77. The van der Waals surface area contributed by atoms with E-state index in [4.69, 9.17) is 10.00 Å². The van der Waals surface area contributed by atoms with E-state index < -0.39 is 0 Å². The Hall–Kier alpha value is -3.66. The van der Waals surface area contributed by atoms with Crippen molar-refractivity contribution in [1.82, 2.24) is 20.1 Å². The summed E-state index contributed by atoms with van der Waals surface area (Å²) in [6, 6.07) is 13.1. The van der Waals surface area contributed by atoms with Gasteiger partial charge in [-0.3, -0.25) is 9.89 Å². The minimum Gasteiger partial charge on any atom is -0.497 e. The van der Waals surface area contributed by atoms with Crippen LogP contribution in [0.4, 0.5) is 0 Å². The normalized spacial score (nSPS) is 14.4. The molecule has 7 heteroatoms. The maximum Gasteiger partial charge on any atom is 0.255 e. The lowest BCUT2D eigenvalue weighted by molar-refractivity contribution is 0.0712. The molecule has 1 aromatic carbocycles. The summed E-state index contributed by atoms with van der Waals surface area (Å²) in [6.07, 6.45) is 5.04. The van der Waals surface area contributed by atoms with Crippen LogP contribution in [0.25, 0.3) is 11.1 Å². The molecule has 1 saturated heterocycles. The molecule has 29 heavy (non-hydrogen) atoms. The zero-order chi connectivity index (χ0) is 20.2. The van der Waals surface area contributed by atoms with Gasteiger partial charge in [0, 0.05) is 36.5 Å². The molecule has 1 fully saturated rings. The highest BCUT2D eigenvalue weighted by Crippen LogP contribution is 2.35. The largest absolute Gasteiger partial charge is 0.497 e. The smallest absolute Gasteiger partial charge is 0.255 e. The number of carbonyl (C=O) groups excluding carboxylic acids is 1. The quantitative estimate of drug-likeness (QED) is 0.741. The number of likely N-dealkylation sites (tertiary alicyclic amines) is 1. The van der Waals surface area contributed by atoms with Crippen LogP contribution < -0.4 is 4.74 Å². The molecule has 4 rings (SSSR count). The van der Waals surface area contributed by atoms with Crippen LogP contribution >= 0.6 is 0 Å². The molecule has 1 N–H and O–H groups in total. The fourth-order valence-electron chi connectivity index (χ4n) is 3.77. The number of pyridine rings is 1. The van der Waals surface area contributed by atoms with Gasteiger partial charge in [0.05, 0.1) is 18.9 Å². The summed E-state index contributed by atoms with van der Waals surface area (Å²) in [5.41, 5.74) is 4.07. The van der Waals surface area contributed by atoms with Gasteiger partial charge in [-0.25, -0.2) is 4.98 Å². The SMILES string of the molecule is COc1cccc(-c2cn[nH]c2C2CCN(C(=O)c3ccc(C#N)nc3)CC2)c1. The Morgan fingerprint density at radius 2 is 2.07 bits per heavy atom. The van der Waals surface area contributed by atoms with Crippen LogP contribution in [0.5, 0.6) is 5.75 Å². The van der Waals surface area contributed by atoms with Crippen molar-refractivity contribution in [2.45, 2.75) is 18.8 Å². The molecule has 0 saturated carbocycles. The van der Waals surface area contributed by atoms with E-state index in [0.717, 1.165) is 35.4 Å². The van der Waals surface area contributed by atoms with E-state index in [9.17, 15) is 4.79 Å². The summed E-state index contributed by atoms with van der Waals surface area (Å²) in [5.74, 6) is 1.08. The van der Waals surface area contributed by atoms with Crippen molar-refractivity contribution in [2.75, 3.05) is 20.2 Å². The van der Waals surface area contributed by atoms with Crippen LogP contribution in [0, 0.1) is 11.3 Å². The Bertz CT molecular complexity index is 1040. The van der Waals surface area contributed by atoms with E-state index in [1.807, 2.05) is 41.4 Å². The maximum absolute atomic E-state index is 12.7. The standard InChI is InChI=1S/C22H21N5O2/c1-29-19-4-2-3-16(11-19)20-14-25-26-21(20)15-7-9-27(10-8-15)22(28)17-5-6-18(12-23)24-13-17/h2-6,11,13-15H,7-10H2,1H3,(H,25,26). The predicted octanol–water partition coefficient (Wildman–Crippen LogP) is 3.37. The molecule has 0 bridgehead atoms. The molecule has 146 valence electrons. The first-order valence-electron chi connectivity index (χ1n) is 9.52. The van der Waals surface area contributed by atoms with Gasteiger partial charge in [-0.15, -0.1) is 0 Å². The van der Waals surface area contributed by atoms with Gasteiger partial charge in [-0.1, -0.05) is 12.1 Å². The number of nitriles is 1. The van der Waals surface area contributed by atoms with Gasteiger partial charge in [-0.05, 0) is 42.7 Å². The monoisotopic (exact) mass is 387 g/mol. The van der Waals surface area contributed by atoms with E-state index in [1.54, 1.807) is 19.2 Å². The molecule has 2 aromatic heterocycles. The van der Waals surface area contributed by atoms with E-state index in [-0.39, 0.29) is 5.91 Å². The summed E-state index contributed by atoms with van der Waals surface area (Å²) >= 11 is 0. The van der Waals surface area contributed by atoms with Gasteiger partial charge in [0.25, 0.3) is 5.91 Å². The minimum absolute atomic E-state index is 0.0435. The molecule has 0 radical (unpaired) electrons. The third kappa shape index (κ3) is 3.83. The number of nitrogens with zero attached hydrogens (tertiary/aromatic N) is 4. The lowest BCUT2D eigenvalue weighted by atomic mass is 9.89. The topological polar surface area (TPSA) is 94.9 Å². The number of piperidine rings is 1. The van der Waals surface area contributed by atoms with Crippen molar-refractivity contribution >= 4 is 5.91 Å². The molecule has 0 spiro atoms. The van der Waals surface area contributed by atoms with E-state index >= 15 is 0 Å². The molecule has 3 aromatic rings. The highest BCUT2D eigenvalue weighted by molar-refractivity contribution is 5.94. The Balaban J connectivity index is 1.46. The van der Waals surface area contributed by atoms with Crippen molar-refractivity contribution in [3.05, 3.63) is 65.7 Å². The summed E-state index contributed by atoms with van der Waals surface area (Å²) < 4.78 is 5.34. The second kappa shape index (κ2) is 8.15. The zero-order valence-corrected chi connectivity index (χ0v) is 16.1. The number of aromatic nitrogens is 3. The Morgan fingerprint density at radius 1 is 1.24 bits per heavy atom. The van der Waals surface area contributed by atoms with Gasteiger partial charge < -0.3 is 9.64 Å². The first kappa shape index (κ1) is 18.7. The van der Waals surface area contributed by atoms with E-state index in [2.05, 4.69) is 15.2 Å². The number of carbonyl (C=O) groups is 1. The number of hydrogen-bond acceptors (Lipinski definition) is 5. The Labute approximate surface area is 169 Å². The van der Waals surface area contributed by atoms with E-state index in [0.29, 0.717) is 30.3 Å². The average molecular weight is 387 g/mol. The first-order valence-corrected chi connectivity index (χ1v) is 9.52. The molecule has 1 amide bonds. The molecular formula is C22H21N5O2. The maximum atomic E-state index is 12.7. The summed E-state index contributed by atoms with van der Waals surface area (Å²) in [6.45, 7) is 1.33. The van der Waals surface area contributed by atoms with E-state index in [1.165, 1.54) is 6.20 Å². The minimum atomic E-state index is -0.0435. The number of benzene rings is 1. The number of methoxy groups -OCH3 is 1. The molecular weight excluding hydrogens is 366 g/mol. The second-order valence-electron chi connectivity index (χ2n) is 7.04. The number of rotatable bonds is 4. The van der Waals surface area contributed by atoms with Crippen LogP contribution in [0.15, 0.2) is 48.8 Å². The molecule has 1 aliphatic heterocycles. The van der Waals surface area contributed by atoms with Crippen LogP contribution in [-0.2, 0) is 0 Å². The molecule has 0 aliphatic carbocycles. The third-order valence-corrected chi connectivity index (χ3v) is 5.36. The van der Waals surface area contributed by atoms with Crippen molar-refractivity contribution in [3.8, 4) is 22.9 Å². The highest BCUT2D eigenvalue weighted by atomic mass is 16.5. The third-order valence-electron chi connectivity index (χ3n) is 5.36. The van der Waals surface area contributed by atoms with Gasteiger partial charge >= 0.3 is 0 Å². The lowest BCUT2D eigenvalue weighted by Crippen LogP contribution is -2.38. The number of aromatic amines is 1. The molecule has 3 heterocycles. The number of amides is 1.